The molecule has 1 atom stereocenters. The molecule has 2 saturated heterocycles. The number of halogens is 1. The largest absolute Gasteiger partial charge is 0.384 e. The fraction of sp³-hybridized carbons (Fsp3) is 0.923. The lowest BCUT2D eigenvalue weighted by atomic mass is 9.87. The van der Waals surface area contributed by atoms with Gasteiger partial charge in [0.1, 0.15) is 0 Å². The quantitative estimate of drug-likeness (QED) is 0.731. The summed E-state index contributed by atoms with van der Waals surface area (Å²) in [4.78, 5) is 14.8. The van der Waals surface area contributed by atoms with Crippen molar-refractivity contribution in [3.05, 3.63) is 0 Å². The van der Waals surface area contributed by atoms with Crippen molar-refractivity contribution >= 4 is 30.1 Å². The maximum Gasteiger partial charge on any atom is 0.229 e. The van der Waals surface area contributed by atoms with Crippen LogP contribution in [0, 0.1) is 5.41 Å². The molecule has 0 spiro atoms. The second kappa shape index (κ2) is 9.10. The molecule has 7 heteroatoms. The Bertz CT molecular complexity index is 295. The molecule has 2 rings (SSSR count). The van der Waals surface area contributed by atoms with Crippen LogP contribution in [0.3, 0.4) is 0 Å². The number of hydrogen-bond donors (Lipinski definition) is 2. The Morgan fingerprint density at radius 2 is 2.20 bits per heavy atom. The van der Waals surface area contributed by atoms with Gasteiger partial charge in [-0.3, -0.25) is 9.69 Å². The first-order chi connectivity index (χ1) is 9.27. The number of methoxy groups -OCH3 is 1. The smallest absolute Gasteiger partial charge is 0.229 e. The average molecular weight is 324 g/mol. The van der Waals surface area contributed by atoms with E-state index < -0.39 is 0 Å². The van der Waals surface area contributed by atoms with E-state index >= 15 is 0 Å². The summed E-state index contributed by atoms with van der Waals surface area (Å²) in [5.41, 5.74) is -0.355. The Kier molecular flexibility index (Phi) is 8.21. The molecule has 5 nitrogen and oxygen atoms in total. The monoisotopic (exact) mass is 323 g/mol. The number of nitrogens with zero attached hydrogens (tertiary/aromatic N) is 1. The van der Waals surface area contributed by atoms with E-state index in [0.29, 0.717) is 6.61 Å². The molecule has 2 fully saturated rings. The maximum atomic E-state index is 12.3. The van der Waals surface area contributed by atoms with Crippen LogP contribution in [-0.4, -0.2) is 75.3 Å². The van der Waals surface area contributed by atoms with Crippen LogP contribution in [0.25, 0.3) is 0 Å². The summed E-state index contributed by atoms with van der Waals surface area (Å²) in [6.07, 6.45) is 0.868. The third-order valence-electron chi connectivity index (χ3n) is 3.96. The Morgan fingerprint density at radius 1 is 1.45 bits per heavy atom. The summed E-state index contributed by atoms with van der Waals surface area (Å²) in [5.74, 6) is 2.57. The van der Waals surface area contributed by atoms with E-state index in [4.69, 9.17) is 4.74 Å². The molecule has 0 aromatic carbocycles. The molecule has 0 aromatic heterocycles. The van der Waals surface area contributed by atoms with Gasteiger partial charge in [0.25, 0.3) is 0 Å². The molecular weight excluding hydrogens is 298 g/mol. The maximum absolute atomic E-state index is 12.3. The molecule has 1 unspecified atom stereocenters. The summed E-state index contributed by atoms with van der Waals surface area (Å²) in [6.45, 7) is 6.13. The molecule has 0 aliphatic carbocycles. The molecule has 2 aliphatic rings. The number of carbonyl (C=O) groups is 1. The fourth-order valence-corrected chi connectivity index (χ4v) is 3.72. The third kappa shape index (κ3) is 4.77. The van der Waals surface area contributed by atoms with Gasteiger partial charge in [0.05, 0.1) is 12.0 Å². The Hall–Kier alpha value is -0.0100. The average Bonchev–Trinajstić information content (AvgIpc) is 2.90. The number of nitrogens with one attached hydrogen (secondary N) is 2. The summed E-state index contributed by atoms with van der Waals surface area (Å²) >= 11 is 2.01. The van der Waals surface area contributed by atoms with Gasteiger partial charge in [-0.15, -0.1) is 12.4 Å². The zero-order valence-electron chi connectivity index (χ0n) is 12.2. The van der Waals surface area contributed by atoms with Crippen molar-refractivity contribution < 1.29 is 9.53 Å². The van der Waals surface area contributed by atoms with E-state index in [9.17, 15) is 4.79 Å². The standard InChI is InChI=1S/C13H25N3O2S.ClH/c1-18-11-13(2-3-14-10-13)12(17)15-4-5-16-6-8-19-9-7-16;/h14H,2-11H2,1H3,(H,15,17);1H. The van der Waals surface area contributed by atoms with E-state index in [1.807, 2.05) is 11.8 Å². The minimum Gasteiger partial charge on any atom is -0.384 e. The Labute approximate surface area is 132 Å². The van der Waals surface area contributed by atoms with Gasteiger partial charge >= 0.3 is 0 Å². The van der Waals surface area contributed by atoms with Crippen molar-refractivity contribution in [3.8, 4) is 0 Å². The van der Waals surface area contributed by atoms with Crippen molar-refractivity contribution in [1.29, 1.82) is 0 Å². The lowest BCUT2D eigenvalue weighted by Crippen LogP contribution is -2.48. The number of ether oxygens (including phenoxy) is 1. The molecule has 0 saturated carbocycles. The van der Waals surface area contributed by atoms with Gasteiger partial charge in [0.2, 0.25) is 5.91 Å². The topological polar surface area (TPSA) is 53.6 Å². The molecule has 2 N–H and O–H groups in total. The van der Waals surface area contributed by atoms with Gasteiger partial charge in [0.15, 0.2) is 0 Å². The van der Waals surface area contributed by atoms with Gasteiger partial charge in [-0.1, -0.05) is 0 Å². The highest BCUT2D eigenvalue weighted by atomic mass is 35.5. The van der Waals surface area contributed by atoms with Crippen LogP contribution in [0.1, 0.15) is 6.42 Å². The van der Waals surface area contributed by atoms with Crippen molar-refractivity contribution in [2.24, 2.45) is 5.41 Å². The van der Waals surface area contributed by atoms with E-state index in [-0.39, 0.29) is 23.7 Å². The van der Waals surface area contributed by atoms with Crippen molar-refractivity contribution in [3.63, 3.8) is 0 Å². The van der Waals surface area contributed by atoms with Crippen molar-refractivity contribution in [2.45, 2.75) is 6.42 Å². The van der Waals surface area contributed by atoms with Crippen LogP contribution in [0.5, 0.6) is 0 Å². The van der Waals surface area contributed by atoms with Crippen LogP contribution in [-0.2, 0) is 9.53 Å². The summed E-state index contributed by atoms with van der Waals surface area (Å²) in [7, 11) is 1.67. The minimum absolute atomic E-state index is 0. The number of amides is 1. The third-order valence-corrected chi connectivity index (χ3v) is 4.91. The van der Waals surface area contributed by atoms with Gasteiger partial charge in [0, 0.05) is 51.3 Å². The number of carbonyl (C=O) groups excluding carboxylic acids is 1. The van der Waals surface area contributed by atoms with Crippen molar-refractivity contribution in [1.82, 2.24) is 15.5 Å². The van der Waals surface area contributed by atoms with Crippen LogP contribution < -0.4 is 10.6 Å². The van der Waals surface area contributed by atoms with E-state index in [1.54, 1.807) is 7.11 Å². The zero-order chi connectivity index (χ0) is 13.6. The first-order valence-electron chi connectivity index (χ1n) is 7.05. The Balaban J connectivity index is 0.00000200. The first kappa shape index (κ1) is 18.0. The second-order valence-electron chi connectivity index (χ2n) is 5.35. The molecular formula is C13H26ClN3O2S. The SMILES string of the molecule is COCC1(C(=O)NCCN2CCSCC2)CCNC1.Cl. The normalized spacial score (nSPS) is 27.1. The molecule has 2 heterocycles. The predicted molar refractivity (Wildman–Crippen MR) is 85.8 cm³/mol. The molecule has 0 radical (unpaired) electrons. The highest BCUT2D eigenvalue weighted by Gasteiger charge is 2.41. The Morgan fingerprint density at radius 3 is 2.80 bits per heavy atom. The first-order valence-corrected chi connectivity index (χ1v) is 8.20. The molecule has 118 valence electrons. The van der Waals surface area contributed by atoms with Gasteiger partial charge < -0.3 is 15.4 Å². The second-order valence-corrected chi connectivity index (χ2v) is 6.57. The summed E-state index contributed by atoms with van der Waals surface area (Å²) < 4.78 is 5.23. The van der Waals surface area contributed by atoms with Crippen molar-refractivity contribution in [2.75, 3.05) is 64.5 Å². The molecule has 0 aromatic rings. The van der Waals surface area contributed by atoms with Gasteiger partial charge in [-0.05, 0) is 13.0 Å². The highest BCUT2D eigenvalue weighted by Crippen LogP contribution is 2.25. The van der Waals surface area contributed by atoms with Crippen LogP contribution in [0.15, 0.2) is 0 Å². The molecule has 0 bridgehead atoms. The zero-order valence-corrected chi connectivity index (χ0v) is 13.8. The summed E-state index contributed by atoms with van der Waals surface area (Å²) in [6, 6.07) is 0. The van der Waals surface area contributed by atoms with Crippen LogP contribution in [0.2, 0.25) is 0 Å². The molecule has 2 aliphatic heterocycles. The van der Waals surface area contributed by atoms with E-state index in [0.717, 1.165) is 45.7 Å². The van der Waals surface area contributed by atoms with Gasteiger partial charge in [-0.25, -0.2) is 0 Å². The predicted octanol–water partition coefficient (Wildman–Crippen LogP) is 0.199. The number of rotatable bonds is 6. The van der Waals surface area contributed by atoms with Crippen LogP contribution in [0.4, 0.5) is 0 Å². The number of hydrogen-bond acceptors (Lipinski definition) is 5. The van der Waals surface area contributed by atoms with E-state index in [2.05, 4.69) is 15.5 Å². The molecule has 1 amide bonds. The van der Waals surface area contributed by atoms with Crippen LogP contribution >= 0.6 is 24.2 Å². The number of thioether (sulfide) groups is 1. The fourth-order valence-electron chi connectivity index (χ4n) is 2.74. The summed E-state index contributed by atoms with van der Waals surface area (Å²) in [5, 5.41) is 6.35. The lowest BCUT2D eigenvalue weighted by Gasteiger charge is -2.28. The minimum atomic E-state index is -0.355. The van der Waals surface area contributed by atoms with E-state index in [1.165, 1.54) is 11.5 Å². The van der Waals surface area contributed by atoms with Gasteiger partial charge in [-0.2, -0.15) is 11.8 Å². The highest BCUT2D eigenvalue weighted by molar-refractivity contribution is 7.99. The lowest BCUT2D eigenvalue weighted by molar-refractivity contribution is -0.133. The molecule has 20 heavy (non-hydrogen) atoms.